The summed E-state index contributed by atoms with van der Waals surface area (Å²) in [4.78, 5) is 23.2. The fourth-order valence-corrected chi connectivity index (χ4v) is 1.82. The van der Waals surface area contributed by atoms with Crippen LogP contribution < -0.4 is 16.4 Å². The second kappa shape index (κ2) is 7.94. The molecule has 110 valence electrons. The zero-order chi connectivity index (χ0) is 15.1. The van der Waals surface area contributed by atoms with Gasteiger partial charge < -0.3 is 21.1 Å². The molecule has 2 amide bonds. The summed E-state index contributed by atoms with van der Waals surface area (Å²) in [5, 5.41) is 5.40. The van der Waals surface area contributed by atoms with E-state index in [1.807, 2.05) is 0 Å². The Balaban J connectivity index is 2.53. The van der Waals surface area contributed by atoms with Crippen molar-refractivity contribution in [3.05, 3.63) is 27.7 Å². The SMILES string of the molecule is COCCNC(=O)CNC(=O)c1cc(Cl)c(N)c(Cl)c1. The van der Waals surface area contributed by atoms with Crippen molar-refractivity contribution < 1.29 is 14.3 Å². The molecule has 0 atom stereocenters. The van der Waals surface area contributed by atoms with Crippen molar-refractivity contribution in [3.8, 4) is 0 Å². The van der Waals surface area contributed by atoms with Crippen LogP contribution in [0, 0.1) is 0 Å². The molecular formula is C12H15Cl2N3O3. The third kappa shape index (κ3) is 4.88. The Morgan fingerprint density at radius 3 is 2.40 bits per heavy atom. The maximum Gasteiger partial charge on any atom is 0.251 e. The molecule has 1 aromatic carbocycles. The summed E-state index contributed by atoms with van der Waals surface area (Å²) in [5.41, 5.74) is 6.02. The van der Waals surface area contributed by atoms with Gasteiger partial charge in [-0.1, -0.05) is 23.2 Å². The minimum Gasteiger partial charge on any atom is -0.396 e. The number of nitrogen functional groups attached to an aromatic ring is 1. The number of halogens is 2. The van der Waals surface area contributed by atoms with Gasteiger partial charge in [-0.05, 0) is 12.1 Å². The average molecular weight is 320 g/mol. The van der Waals surface area contributed by atoms with E-state index in [1.165, 1.54) is 19.2 Å². The number of rotatable bonds is 6. The first-order valence-corrected chi connectivity index (χ1v) is 6.49. The molecule has 1 rings (SSSR count). The lowest BCUT2D eigenvalue weighted by molar-refractivity contribution is -0.120. The summed E-state index contributed by atoms with van der Waals surface area (Å²) in [6.45, 7) is 0.635. The van der Waals surface area contributed by atoms with Crippen LogP contribution >= 0.6 is 23.2 Å². The number of hydrogen-bond donors (Lipinski definition) is 3. The number of hydrogen-bond acceptors (Lipinski definition) is 4. The Hall–Kier alpha value is -1.50. The van der Waals surface area contributed by atoms with E-state index in [0.29, 0.717) is 13.2 Å². The first-order valence-electron chi connectivity index (χ1n) is 5.74. The highest BCUT2D eigenvalue weighted by atomic mass is 35.5. The second-order valence-electron chi connectivity index (χ2n) is 3.88. The highest BCUT2D eigenvalue weighted by molar-refractivity contribution is 6.39. The van der Waals surface area contributed by atoms with Gasteiger partial charge >= 0.3 is 0 Å². The summed E-state index contributed by atoms with van der Waals surface area (Å²) >= 11 is 11.7. The summed E-state index contributed by atoms with van der Waals surface area (Å²) in [7, 11) is 1.53. The fourth-order valence-electron chi connectivity index (χ4n) is 1.33. The van der Waals surface area contributed by atoms with Crippen LogP contribution in [0.15, 0.2) is 12.1 Å². The van der Waals surface area contributed by atoms with Crippen molar-refractivity contribution in [1.82, 2.24) is 10.6 Å². The third-order valence-corrected chi connectivity index (χ3v) is 3.00. The lowest BCUT2D eigenvalue weighted by atomic mass is 10.2. The van der Waals surface area contributed by atoms with Crippen molar-refractivity contribution in [2.75, 3.05) is 32.5 Å². The van der Waals surface area contributed by atoms with E-state index in [9.17, 15) is 9.59 Å². The lowest BCUT2D eigenvalue weighted by Gasteiger charge is -2.08. The van der Waals surface area contributed by atoms with Crippen LogP contribution in [0.5, 0.6) is 0 Å². The first-order chi connectivity index (χ1) is 9.45. The minimum atomic E-state index is -0.462. The van der Waals surface area contributed by atoms with Crippen LogP contribution in [0.3, 0.4) is 0 Å². The lowest BCUT2D eigenvalue weighted by Crippen LogP contribution is -2.38. The number of amides is 2. The van der Waals surface area contributed by atoms with Gasteiger partial charge in [0.2, 0.25) is 5.91 Å². The molecule has 4 N–H and O–H groups in total. The van der Waals surface area contributed by atoms with Crippen LogP contribution in [0.2, 0.25) is 10.0 Å². The second-order valence-corrected chi connectivity index (χ2v) is 4.69. The van der Waals surface area contributed by atoms with Gasteiger partial charge in [-0.25, -0.2) is 0 Å². The molecule has 0 bridgehead atoms. The van der Waals surface area contributed by atoms with Crippen molar-refractivity contribution >= 4 is 40.7 Å². The van der Waals surface area contributed by atoms with Gasteiger partial charge in [0.1, 0.15) is 0 Å². The van der Waals surface area contributed by atoms with Crippen LogP contribution in [0.25, 0.3) is 0 Å². The number of methoxy groups -OCH3 is 1. The topological polar surface area (TPSA) is 93.5 Å². The predicted molar refractivity (Wildman–Crippen MR) is 78.1 cm³/mol. The van der Waals surface area contributed by atoms with E-state index in [1.54, 1.807) is 0 Å². The van der Waals surface area contributed by atoms with Crippen LogP contribution in [-0.4, -0.2) is 38.6 Å². The molecular weight excluding hydrogens is 305 g/mol. The summed E-state index contributed by atoms with van der Waals surface area (Å²) in [6.07, 6.45) is 0. The molecule has 8 heteroatoms. The molecule has 1 aromatic rings. The van der Waals surface area contributed by atoms with Crippen LogP contribution in [-0.2, 0) is 9.53 Å². The van der Waals surface area contributed by atoms with Crippen molar-refractivity contribution in [3.63, 3.8) is 0 Å². The highest BCUT2D eigenvalue weighted by Gasteiger charge is 2.12. The first kappa shape index (κ1) is 16.6. The number of nitrogens with one attached hydrogen (secondary N) is 2. The number of benzene rings is 1. The highest BCUT2D eigenvalue weighted by Crippen LogP contribution is 2.28. The Morgan fingerprint density at radius 1 is 1.25 bits per heavy atom. The Morgan fingerprint density at radius 2 is 1.85 bits per heavy atom. The van der Waals surface area contributed by atoms with E-state index in [4.69, 9.17) is 33.7 Å². The average Bonchev–Trinajstić information content (AvgIpc) is 2.41. The van der Waals surface area contributed by atoms with Gasteiger partial charge in [-0.2, -0.15) is 0 Å². The number of nitrogens with two attached hydrogens (primary N) is 1. The molecule has 0 saturated heterocycles. The maximum atomic E-state index is 11.8. The van der Waals surface area contributed by atoms with E-state index in [0.717, 1.165) is 0 Å². The maximum absolute atomic E-state index is 11.8. The monoisotopic (exact) mass is 319 g/mol. The van der Waals surface area contributed by atoms with Crippen molar-refractivity contribution in [2.45, 2.75) is 0 Å². The molecule has 0 radical (unpaired) electrons. The summed E-state index contributed by atoms with van der Waals surface area (Å²) < 4.78 is 4.78. The molecule has 0 heterocycles. The fraction of sp³-hybridized carbons (Fsp3) is 0.333. The molecule has 20 heavy (non-hydrogen) atoms. The quantitative estimate of drug-likeness (QED) is 0.540. The van der Waals surface area contributed by atoms with Gasteiger partial charge in [0.15, 0.2) is 0 Å². The Labute approximate surface area is 126 Å². The number of anilines is 1. The van der Waals surface area contributed by atoms with Crippen LogP contribution in [0.4, 0.5) is 5.69 Å². The number of ether oxygens (including phenoxy) is 1. The smallest absolute Gasteiger partial charge is 0.251 e. The van der Waals surface area contributed by atoms with Crippen molar-refractivity contribution in [1.29, 1.82) is 0 Å². The Bertz CT molecular complexity index is 486. The van der Waals surface area contributed by atoms with Gasteiger partial charge in [0, 0.05) is 19.2 Å². The zero-order valence-electron chi connectivity index (χ0n) is 10.8. The van der Waals surface area contributed by atoms with E-state index in [-0.39, 0.29) is 33.7 Å². The third-order valence-electron chi connectivity index (χ3n) is 2.38. The molecule has 0 fully saturated rings. The molecule has 0 saturated carbocycles. The molecule has 0 spiro atoms. The van der Waals surface area contributed by atoms with E-state index in [2.05, 4.69) is 10.6 Å². The molecule has 0 unspecified atom stereocenters. The molecule has 6 nitrogen and oxygen atoms in total. The van der Waals surface area contributed by atoms with Crippen LogP contribution in [0.1, 0.15) is 10.4 Å². The largest absolute Gasteiger partial charge is 0.396 e. The van der Waals surface area contributed by atoms with E-state index < -0.39 is 5.91 Å². The van der Waals surface area contributed by atoms with Gasteiger partial charge in [0.05, 0.1) is 28.9 Å². The molecule has 0 aliphatic heterocycles. The predicted octanol–water partition coefficient (Wildman–Crippen LogP) is 1.07. The van der Waals surface area contributed by atoms with Gasteiger partial charge in [-0.15, -0.1) is 0 Å². The molecule has 0 aliphatic rings. The normalized spacial score (nSPS) is 10.2. The molecule has 0 aliphatic carbocycles. The standard InChI is InChI=1S/C12H15Cl2N3O3/c1-20-3-2-16-10(18)6-17-12(19)7-4-8(13)11(15)9(14)5-7/h4-5H,2-3,6,15H2,1H3,(H,16,18)(H,17,19). The Kier molecular flexibility index (Phi) is 6.57. The minimum absolute atomic E-state index is 0.151. The summed E-state index contributed by atoms with van der Waals surface area (Å²) in [6, 6.07) is 2.78. The summed E-state index contributed by atoms with van der Waals surface area (Å²) in [5.74, 6) is -0.779. The van der Waals surface area contributed by atoms with Gasteiger partial charge in [0.25, 0.3) is 5.91 Å². The molecule has 0 aromatic heterocycles. The zero-order valence-corrected chi connectivity index (χ0v) is 12.3. The van der Waals surface area contributed by atoms with Gasteiger partial charge in [-0.3, -0.25) is 9.59 Å². The van der Waals surface area contributed by atoms with Crippen molar-refractivity contribution in [2.24, 2.45) is 0 Å². The number of carbonyl (C=O) groups excluding carboxylic acids is 2. The number of carbonyl (C=O) groups is 2. The van der Waals surface area contributed by atoms with E-state index >= 15 is 0 Å².